The van der Waals surface area contributed by atoms with Crippen molar-refractivity contribution in [3.63, 3.8) is 0 Å². The molecule has 0 unspecified atom stereocenters. The number of anilines is 1. The summed E-state index contributed by atoms with van der Waals surface area (Å²) in [6.45, 7) is 5.42. The second kappa shape index (κ2) is 11.3. The fraction of sp³-hybridized carbons (Fsp3) is 0.483. The number of benzene rings is 2. The zero-order chi connectivity index (χ0) is 24.0. The van der Waals surface area contributed by atoms with Gasteiger partial charge in [0.05, 0.1) is 13.2 Å². The van der Waals surface area contributed by atoms with E-state index in [9.17, 15) is 4.79 Å². The first kappa shape index (κ1) is 23.9. The van der Waals surface area contributed by atoms with Gasteiger partial charge in [0.15, 0.2) is 0 Å². The molecule has 2 fully saturated rings. The lowest BCUT2D eigenvalue weighted by Gasteiger charge is -2.31. The molecule has 2 aliphatic rings. The first-order chi connectivity index (χ1) is 17.2. The van der Waals surface area contributed by atoms with E-state index >= 15 is 0 Å². The number of hydrogen-bond donors (Lipinski definition) is 1. The van der Waals surface area contributed by atoms with Crippen LogP contribution >= 0.6 is 0 Å². The third-order valence-corrected chi connectivity index (χ3v) is 7.65. The lowest BCUT2D eigenvalue weighted by atomic mass is 9.94. The van der Waals surface area contributed by atoms with E-state index in [4.69, 9.17) is 4.74 Å². The van der Waals surface area contributed by atoms with E-state index in [2.05, 4.69) is 75.3 Å². The van der Waals surface area contributed by atoms with E-state index in [1.165, 1.54) is 48.9 Å². The molecule has 1 aliphatic heterocycles. The number of amides is 1. The summed E-state index contributed by atoms with van der Waals surface area (Å²) in [6, 6.07) is 18.0. The average Bonchev–Trinajstić information content (AvgIpc) is 3.31. The number of nitrogens with zero attached hydrogens (tertiary/aromatic N) is 3. The molecular formula is C29H38N4O2. The highest BCUT2D eigenvalue weighted by atomic mass is 16.5. The van der Waals surface area contributed by atoms with Crippen molar-refractivity contribution in [2.45, 2.75) is 44.7 Å². The highest BCUT2D eigenvalue weighted by Gasteiger charge is 2.18. The minimum absolute atomic E-state index is 0.0693. The predicted octanol–water partition coefficient (Wildman–Crippen LogP) is 4.53. The Hall–Kier alpha value is -2.83. The van der Waals surface area contributed by atoms with Crippen molar-refractivity contribution in [3.8, 4) is 11.1 Å². The van der Waals surface area contributed by atoms with Crippen LogP contribution in [0.4, 0.5) is 5.69 Å². The molecule has 1 amide bonds. The molecule has 3 aromatic rings. The number of ether oxygens (including phenoxy) is 1. The second-order valence-electron chi connectivity index (χ2n) is 9.99. The molecule has 0 atom stereocenters. The topological polar surface area (TPSA) is 49.7 Å². The van der Waals surface area contributed by atoms with Crippen LogP contribution in [0.15, 0.2) is 54.7 Å². The summed E-state index contributed by atoms with van der Waals surface area (Å²) in [5.41, 5.74) is 4.69. The van der Waals surface area contributed by atoms with Gasteiger partial charge in [0.1, 0.15) is 6.54 Å². The molecule has 5 rings (SSSR count). The third-order valence-electron chi connectivity index (χ3n) is 7.65. The summed E-state index contributed by atoms with van der Waals surface area (Å²) in [6.07, 6.45) is 8.64. The molecule has 1 saturated carbocycles. The number of rotatable bonds is 8. The van der Waals surface area contributed by atoms with Gasteiger partial charge in [0, 0.05) is 49.6 Å². The maximum Gasteiger partial charge on any atom is 0.239 e. The Bertz CT molecular complexity index is 1110. The van der Waals surface area contributed by atoms with Gasteiger partial charge in [0.2, 0.25) is 5.91 Å². The van der Waals surface area contributed by atoms with Crippen LogP contribution in [0, 0.1) is 0 Å². The van der Waals surface area contributed by atoms with Crippen LogP contribution < -0.4 is 10.2 Å². The Morgan fingerprint density at radius 1 is 1.00 bits per heavy atom. The zero-order valence-corrected chi connectivity index (χ0v) is 20.9. The van der Waals surface area contributed by atoms with Crippen molar-refractivity contribution < 1.29 is 9.53 Å². The first-order valence-electron chi connectivity index (χ1n) is 13.2. The van der Waals surface area contributed by atoms with Gasteiger partial charge >= 0.3 is 0 Å². The Kier molecular flexibility index (Phi) is 7.69. The lowest BCUT2D eigenvalue weighted by molar-refractivity contribution is -0.121. The van der Waals surface area contributed by atoms with E-state index in [0.717, 1.165) is 43.8 Å². The van der Waals surface area contributed by atoms with Crippen LogP contribution in [0.5, 0.6) is 0 Å². The van der Waals surface area contributed by atoms with Crippen LogP contribution in [0.3, 0.4) is 0 Å². The van der Waals surface area contributed by atoms with Gasteiger partial charge in [-0.2, -0.15) is 0 Å². The van der Waals surface area contributed by atoms with Gasteiger partial charge in [-0.3, -0.25) is 4.79 Å². The Balaban J connectivity index is 1.20. The van der Waals surface area contributed by atoms with Crippen LogP contribution in [-0.2, 0) is 16.1 Å². The zero-order valence-electron chi connectivity index (χ0n) is 20.9. The largest absolute Gasteiger partial charge is 0.378 e. The van der Waals surface area contributed by atoms with Gasteiger partial charge in [0.25, 0.3) is 0 Å². The molecule has 2 heterocycles. The standard InChI is InChI=1S/C29H38N4O2/c1-31(26-5-3-2-4-6-26)16-14-30-29(34)22-33-15-13-24-7-8-25(21-28(24)33)23-9-11-27(12-10-23)32-17-19-35-20-18-32/h7-13,15,21,26H,2-6,14,16-20,22H2,1H3,(H,30,34). The van der Waals surface area contributed by atoms with Crippen LogP contribution in [-0.4, -0.2) is 67.9 Å². The molecule has 0 spiro atoms. The summed E-state index contributed by atoms with van der Waals surface area (Å²) < 4.78 is 7.53. The summed E-state index contributed by atoms with van der Waals surface area (Å²) >= 11 is 0. The number of fused-ring (bicyclic) bond motifs is 1. The van der Waals surface area contributed by atoms with E-state index in [1.54, 1.807) is 0 Å². The monoisotopic (exact) mass is 474 g/mol. The summed E-state index contributed by atoms with van der Waals surface area (Å²) in [5.74, 6) is 0.0693. The van der Waals surface area contributed by atoms with Crippen LogP contribution in [0.1, 0.15) is 32.1 Å². The molecule has 35 heavy (non-hydrogen) atoms. The van der Waals surface area contributed by atoms with Crippen molar-refractivity contribution >= 4 is 22.5 Å². The lowest BCUT2D eigenvalue weighted by Crippen LogP contribution is -2.40. The average molecular weight is 475 g/mol. The molecule has 0 bridgehead atoms. The minimum atomic E-state index is 0.0693. The Morgan fingerprint density at radius 2 is 1.74 bits per heavy atom. The van der Waals surface area contributed by atoms with E-state index in [-0.39, 0.29) is 5.91 Å². The van der Waals surface area contributed by atoms with Gasteiger partial charge in [-0.05, 0) is 60.7 Å². The highest BCUT2D eigenvalue weighted by molar-refractivity contribution is 5.87. The van der Waals surface area contributed by atoms with E-state index < -0.39 is 0 Å². The van der Waals surface area contributed by atoms with Crippen molar-refractivity contribution in [3.05, 3.63) is 54.7 Å². The summed E-state index contributed by atoms with van der Waals surface area (Å²) in [4.78, 5) is 17.5. The second-order valence-corrected chi connectivity index (χ2v) is 9.99. The van der Waals surface area contributed by atoms with Crippen molar-refractivity contribution in [2.24, 2.45) is 0 Å². The van der Waals surface area contributed by atoms with Gasteiger partial charge in [-0.1, -0.05) is 43.5 Å². The van der Waals surface area contributed by atoms with Gasteiger partial charge in [-0.25, -0.2) is 0 Å². The molecule has 1 aromatic heterocycles. The fourth-order valence-electron chi connectivity index (χ4n) is 5.47. The highest BCUT2D eigenvalue weighted by Crippen LogP contribution is 2.27. The molecule has 1 aliphatic carbocycles. The Labute approximate surface area is 208 Å². The Morgan fingerprint density at radius 3 is 2.51 bits per heavy atom. The number of hydrogen-bond acceptors (Lipinski definition) is 4. The van der Waals surface area contributed by atoms with E-state index in [0.29, 0.717) is 19.1 Å². The SMILES string of the molecule is CN(CCNC(=O)Cn1ccc2ccc(-c3ccc(N4CCOCC4)cc3)cc21)C1CCCCC1. The fourth-order valence-corrected chi connectivity index (χ4v) is 5.47. The quantitative estimate of drug-likeness (QED) is 0.521. The smallest absolute Gasteiger partial charge is 0.239 e. The van der Waals surface area contributed by atoms with E-state index in [1.807, 2.05) is 6.20 Å². The van der Waals surface area contributed by atoms with Crippen molar-refractivity contribution in [1.82, 2.24) is 14.8 Å². The molecule has 0 radical (unpaired) electrons. The normalized spacial score (nSPS) is 17.3. The number of nitrogens with one attached hydrogen (secondary N) is 1. The van der Waals surface area contributed by atoms with Gasteiger partial charge in [-0.15, -0.1) is 0 Å². The van der Waals surface area contributed by atoms with Crippen LogP contribution in [0.25, 0.3) is 22.0 Å². The number of likely N-dealkylation sites (N-methyl/N-ethyl adjacent to an activating group) is 1. The summed E-state index contributed by atoms with van der Waals surface area (Å²) in [7, 11) is 2.19. The molecule has 1 N–H and O–H groups in total. The number of aromatic nitrogens is 1. The van der Waals surface area contributed by atoms with Crippen molar-refractivity contribution in [2.75, 3.05) is 51.3 Å². The third kappa shape index (κ3) is 5.88. The van der Waals surface area contributed by atoms with Crippen LogP contribution in [0.2, 0.25) is 0 Å². The maximum absolute atomic E-state index is 12.7. The number of morpholine rings is 1. The summed E-state index contributed by atoms with van der Waals surface area (Å²) in [5, 5.41) is 4.28. The molecule has 186 valence electrons. The first-order valence-corrected chi connectivity index (χ1v) is 13.2. The predicted molar refractivity (Wildman–Crippen MR) is 143 cm³/mol. The minimum Gasteiger partial charge on any atom is -0.378 e. The number of carbonyl (C=O) groups excluding carboxylic acids is 1. The maximum atomic E-state index is 12.7. The molecule has 6 heteroatoms. The molecule has 6 nitrogen and oxygen atoms in total. The molecular weight excluding hydrogens is 436 g/mol. The molecule has 1 saturated heterocycles. The molecule has 2 aromatic carbocycles. The number of carbonyl (C=O) groups is 1. The van der Waals surface area contributed by atoms with Gasteiger partial charge < -0.3 is 24.4 Å². The van der Waals surface area contributed by atoms with Crippen molar-refractivity contribution in [1.29, 1.82) is 0 Å².